The smallest absolute Gasteiger partial charge is 0.253 e. The number of rotatable bonds is 17. The number of hydrogen-bond acceptors (Lipinski definition) is 19. The number of anilines is 2. The molecule has 5 N–H and O–H groups in total. The largest absolute Gasteiger partial charge is 0.475 e. The van der Waals surface area contributed by atoms with E-state index in [2.05, 4.69) is 53.5 Å². The number of nitriles is 1. The van der Waals surface area contributed by atoms with Crippen LogP contribution in [-0.2, 0) is 21.4 Å². The minimum absolute atomic E-state index is 0.0156. The van der Waals surface area contributed by atoms with Crippen LogP contribution in [0.25, 0.3) is 22.0 Å². The number of carbonyl (C=O) groups is 2. The molecule has 20 nitrogen and oxygen atoms in total. The van der Waals surface area contributed by atoms with Gasteiger partial charge in [0.15, 0.2) is 0 Å². The predicted molar refractivity (Wildman–Crippen MR) is 276 cm³/mol. The van der Waals surface area contributed by atoms with E-state index in [1.54, 1.807) is 42.2 Å². The van der Waals surface area contributed by atoms with Crippen molar-refractivity contribution in [2.24, 2.45) is 5.92 Å². The van der Waals surface area contributed by atoms with Crippen molar-refractivity contribution in [1.29, 1.82) is 5.26 Å². The molecule has 3 aliphatic rings. The third-order valence-electron chi connectivity index (χ3n) is 14.4. The summed E-state index contributed by atoms with van der Waals surface area (Å²) in [5.41, 5.74) is 12.0. The molecule has 9 rings (SSSR count). The van der Waals surface area contributed by atoms with Crippen LogP contribution < -0.4 is 20.7 Å². The van der Waals surface area contributed by atoms with Gasteiger partial charge in [0, 0.05) is 48.7 Å². The number of carbonyl (C=O) groups excluding carboxylic acids is 2. The zero-order chi connectivity index (χ0) is 51.6. The number of fused-ring (bicyclic) bond motifs is 1. The molecule has 0 radical (unpaired) electrons. The van der Waals surface area contributed by atoms with Gasteiger partial charge in [-0.1, -0.05) is 53.6 Å². The topological polar surface area (TPSA) is 264 Å². The molecule has 1 aromatic carbocycles. The van der Waals surface area contributed by atoms with E-state index < -0.39 is 41.7 Å². The number of aliphatic hydroxyl groups excluding tert-OH is 2. The van der Waals surface area contributed by atoms with Gasteiger partial charge in [0.05, 0.1) is 58.1 Å². The van der Waals surface area contributed by atoms with Gasteiger partial charge in [-0.2, -0.15) is 10.2 Å². The molecule has 0 saturated carbocycles. The molecular formula is C51H64N14O6S2. The molecule has 2 unspecified atom stereocenters. The maximum Gasteiger partial charge on any atom is 0.253 e. The van der Waals surface area contributed by atoms with Crippen LogP contribution in [0.5, 0.6) is 5.88 Å². The average molecular weight is 1030 g/mol. The number of nitrogen functional groups attached to an aromatic ring is 1. The lowest BCUT2D eigenvalue weighted by Gasteiger charge is -2.31. The summed E-state index contributed by atoms with van der Waals surface area (Å²) in [6.45, 7) is 15.4. The van der Waals surface area contributed by atoms with Crippen LogP contribution in [-0.4, -0.2) is 136 Å². The predicted octanol–water partition coefficient (Wildman–Crippen LogP) is 5.86. The van der Waals surface area contributed by atoms with Gasteiger partial charge in [-0.25, -0.2) is 19.6 Å². The van der Waals surface area contributed by atoms with E-state index >= 15 is 0 Å². The number of benzene rings is 1. The molecule has 5 aromatic heterocycles. The van der Waals surface area contributed by atoms with Gasteiger partial charge in [-0.3, -0.25) is 9.59 Å². The highest BCUT2D eigenvalue weighted by molar-refractivity contribution is 7.16. The standard InChI is InChI=1S/C51H64N14O6S2/c1-29(2)43(48(69)64-26-35(67)23-38(64)47(68)57-42(32(5)66)33-12-14-34(15-13-33)44-31(4)55-28-72-44)65-27-40(59-61-65)70-22-8-7-19-62-20-10-21-63(30(3)25-62)50-54-18-16-37(56-50)46-58-49(71-60-46)51(6)17-9-11-39-41(51)36(24-52)45(53)73-39/h12-16,18,27-30,32,35,38,42-43,66-67H,7-11,17,19-23,25-26,53H2,1-6H3,(H,57,68)/t30-,32?,35+,38-,42-,43?,51-/m0/s1. The van der Waals surface area contributed by atoms with Crippen molar-refractivity contribution < 1.29 is 29.1 Å². The van der Waals surface area contributed by atoms with E-state index in [0.29, 0.717) is 52.0 Å². The van der Waals surface area contributed by atoms with Crippen molar-refractivity contribution in [3.8, 4) is 33.9 Å². The molecule has 1 aliphatic carbocycles. The SMILES string of the molecule is Cc1ncsc1-c1ccc([C@@H](NC(=O)[C@@H]2C[C@@H](O)CN2C(=O)C(C(C)C)n2cc(OCCCCN3CCCN(c4nccc(-c5noc([C@@]6(C)CCCc7sc(N)c(C#N)c76)n5)n4)[C@@H](C)C3)nn2)C(C)O)cc1. The fraction of sp³-hybridized carbons (Fsp3) is 0.529. The van der Waals surface area contributed by atoms with E-state index in [0.717, 1.165) is 91.3 Å². The number of aliphatic hydroxyl groups is 2. The van der Waals surface area contributed by atoms with Crippen LogP contribution in [0.4, 0.5) is 10.9 Å². The third kappa shape index (κ3) is 10.8. The number of thiophene rings is 1. The number of unbranched alkanes of at least 4 members (excludes halogenated alkanes) is 1. The summed E-state index contributed by atoms with van der Waals surface area (Å²) in [6.07, 6.45) is 6.73. The molecule has 0 bridgehead atoms. The van der Waals surface area contributed by atoms with Crippen LogP contribution in [0, 0.1) is 24.2 Å². The molecule has 22 heteroatoms. The Bertz CT molecular complexity index is 2930. The van der Waals surface area contributed by atoms with E-state index in [-0.39, 0.29) is 30.8 Å². The molecule has 6 aromatic rings. The van der Waals surface area contributed by atoms with Crippen molar-refractivity contribution in [2.45, 2.75) is 128 Å². The number of amides is 2. The summed E-state index contributed by atoms with van der Waals surface area (Å²) >= 11 is 3.02. The zero-order valence-electron chi connectivity index (χ0n) is 42.1. The molecule has 2 amide bonds. The van der Waals surface area contributed by atoms with Crippen LogP contribution in [0.2, 0.25) is 0 Å². The van der Waals surface area contributed by atoms with Crippen LogP contribution in [0.15, 0.2) is 52.8 Å². The number of aryl methyl sites for hydroxylation is 2. The minimum Gasteiger partial charge on any atom is -0.475 e. The molecule has 73 heavy (non-hydrogen) atoms. The van der Waals surface area contributed by atoms with Crippen LogP contribution in [0.3, 0.4) is 0 Å². The normalized spacial score (nSPS) is 21.6. The Balaban J connectivity index is 0.759. The van der Waals surface area contributed by atoms with Crippen molar-refractivity contribution in [2.75, 3.05) is 50.0 Å². The van der Waals surface area contributed by atoms with Crippen molar-refractivity contribution in [3.63, 3.8) is 0 Å². The summed E-state index contributed by atoms with van der Waals surface area (Å²) in [5, 5.41) is 47.9. The summed E-state index contributed by atoms with van der Waals surface area (Å²) in [6, 6.07) is 9.35. The Morgan fingerprint density at radius 1 is 1.10 bits per heavy atom. The van der Waals surface area contributed by atoms with Gasteiger partial charge >= 0.3 is 0 Å². The van der Waals surface area contributed by atoms with Crippen LogP contribution >= 0.6 is 22.7 Å². The van der Waals surface area contributed by atoms with Gasteiger partial charge in [-0.05, 0) is 102 Å². The Labute approximate surface area is 432 Å². The number of likely N-dealkylation sites (tertiary alicyclic amines) is 1. The molecule has 386 valence electrons. The van der Waals surface area contributed by atoms with Crippen LogP contribution in [0.1, 0.15) is 118 Å². The first-order chi connectivity index (χ1) is 35.1. The first kappa shape index (κ1) is 51.5. The minimum atomic E-state index is -0.955. The molecule has 2 fully saturated rings. The van der Waals surface area contributed by atoms with Gasteiger partial charge in [0.1, 0.15) is 28.8 Å². The highest BCUT2D eigenvalue weighted by Crippen LogP contribution is 2.48. The summed E-state index contributed by atoms with van der Waals surface area (Å²) in [4.78, 5) is 55.3. The van der Waals surface area contributed by atoms with E-state index in [9.17, 15) is 25.1 Å². The second-order valence-corrected chi connectivity index (χ2v) is 22.1. The number of ether oxygens (including phenoxy) is 1. The first-order valence-corrected chi connectivity index (χ1v) is 26.8. The molecule has 2 saturated heterocycles. The number of nitrogens with zero attached hydrogens (tertiary/aromatic N) is 12. The average Bonchev–Trinajstić information content (AvgIpc) is 4.23. The number of thiazole rings is 1. The summed E-state index contributed by atoms with van der Waals surface area (Å²) in [5.74, 6) is 0.662. The van der Waals surface area contributed by atoms with E-state index in [4.69, 9.17) is 25.0 Å². The van der Waals surface area contributed by atoms with Crippen molar-refractivity contribution >= 4 is 45.4 Å². The molecule has 0 spiro atoms. The number of hydrogen-bond donors (Lipinski definition) is 4. The molecule has 7 heterocycles. The molecule has 7 atom stereocenters. The fourth-order valence-corrected chi connectivity index (χ4v) is 12.6. The Morgan fingerprint density at radius 2 is 1.90 bits per heavy atom. The second-order valence-electron chi connectivity index (χ2n) is 20.1. The first-order valence-electron chi connectivity index (χ1n) is 25.1. The van der Waals surface area contributed by atoms with Gasteiger partial charge < -0.3 is 45.2 Å². The Hall–Kier alpha value is -6.38. The van der Waals surface area contributed by atoms with Gasteiger partial charge in [-0.15, -0.1) is 22.7 Å². The molecular weight excluding hydrogens is 969 g/mol. The fourth-order valence-electron chi connectivity index (χ4n) is 10.6. The quantitative estimate of drug-likeness (QED) is 0.0779. The number of aromatic nitrogens is 8. The Morgan fingerprint density at radius 3 is 2.64 bits per heavy atom. The summed E-state index contributed by atoms with van der Waals surface area (Å²) in [7, 11) is 0. The van der Waals surface area contributed by atoms with Gasteiger partial charge in [0.2, 0.25) is 29.5 Å². The maximum absolute atomic E-state index is 14.3. The Kier molecular flexibility index (Phi) is 15.5. The highest BCUT2D eigenvalue weighted by atomic mass is 32.1. The maximum atomic E-state index is 14.3. The van der Waals surface area contributed by atoms with Crippen molar-refractivity contribution in [1.82, 2.24) is 55.2 Å². The lowest BCUT2D eigenvalue weighted by Crippen LogP contribution is -2.50. The number of β-amino-alcohol motifs (C(OH)–C–C–N with tert-alkyl or cyclic N) is 1. The third-order valence-corrected chi connectivity index (χ3v) is 16.5. The number of nitrogens with two attached hydrogens (primary N) is 1. The lowest BCUT2D eigenvalue weighted by atomic mass is 9.72. The lowest BCUT2D eigenvalue weighted by molar-refractivity contribution is -0.143. The van der Waals surface area contributed by atoms with Gasteiger partial charge in [0.25, 0.3) is 5.88 Å². The monoisotopic (exact) mass is 1030 g/mol. The summed E-state index contributed by atoms with van der Waals surface area (Å²) < 4.78 is 13.4. The van der Waals surface area contributed by atoms with E-state index in [1.807, 2.05) is 52.0 Å². The zero-order valence-corrected chi connectivity index (χ0v) is 43.8. The highest BCUT2D eigenvalue weighted by Gasteiger charge is 2.45. The molecule has 2 aliphatic heterocycles. The van der Waals surface area contributed by atoms with Crippen molar-refractivity contribution in [3.05, 3.63) is 81.4 Å². The van der Waals surface area contributed by atoms with E-state index in [1.165, 1.54) is 20.9 Å². The second kappa shape index (κ2) is 22.0. The number of nitrogens with one attached hydrogen (secondary N) is 1.